The van der Waals surface area contributed by atoms with E-state index in [9.17, 15) is 0 Å². The number of nitrogen functional groups attached to an aromatic ring is 1. The van der Waals surface area contributed by atoms with Crippen molar-refractivity contribution in [2.24, 2.45) is 0 Å². The van der Waals surface area contributed by atoms with Crippen molar-refractivity contribution in [1.29, 1.82) is 0 Å². The van der Waals surface area contributed by atoms with Gasteiger partial charge in [-0.1, -0.05) is 37.3 Å². The van der Waals surface area contributed by atoms with Crippen molar-refractivity contribution in [3.63, 3.8) is 0 Å². The smallest absolute Gasteiger partial charge is 0.154 e. The maximum absolute atomic E-state index is 6.23. The van der Waals surface area contributed by atoms with E-state index in [0.717, 1.165) is 23.4 Å². The van der Waals surface area contributed by atoms with Gasteiger partial charge in [0.15, 0.2) is 5.76 Å². The first-order valence-corrected chi connectivity index (χ1v) is 6.72. The fourth-order valence-corrected chi connectivity index (χ4v) is 2.35. The molecule has 0 saturated carbocycles. The van der Waals surface area contributed by atoms with Gasteiger partial charge in [-0.15, -0.1) is 0 Å². The largest absolute Gasteiger partial charge is 0.463 e. The van der Waals surface area contributed by atoms with Gasteiger partial charge in [-0.05, 0) is 24.1 Å². The van der Waals surface area contributed by atoms with Gasteiger partial charge in [0.2, 0.25) is 0 Å². The molecule has 0 unspecified atom stereocenters. The summed E-state index contributed by atoms with van der Waals surface area (Å²) >= 11 is 0. The van der Waals surface area contributed by atoms with E-state index in [1.807, 2.05) is 35.0 Å². The average Bonchev–Trinajstić information content (AvgIpc) is 3.09. The van der Waals surface area contributed by atoms with E-state index in [4.69, 9.17) is 10.2 Å². The highest BCUT2D eigenvalue weighted by molar-refractivity contribution is 5.64. The molecule has 0 spiro atoms. The molecule has 2 aromatic heterocycles. The normalized spacial score (nSPS) is 10.8. The summed E-state index contributed by atoms with van der Waals surface area (Å²) in [6.45, 7) is 2.74. The molecular formula is C16H17N3O. The molecule has 3 rings (SSSR count). The molecule has 4 heteroatoms. The lowest BCUT2D eigenvalue weighted by Crippen LogP contribution is -2.06. The maximum Gasteiger partial charge on any atom is 0.154 e. The molecule has 1 aromatic carbocycles. The first kappa shape index (κ1) is 12.5. The quantitative estimate of drug-likeness (QED) is 0.788. The fraction of sp³-hybridized carbons (Fsp3) is 0.188. The summed E-state index contributed by atoms with van der Waals surface area (Å²) in [7, 11) is 0. The molecule has 0 aliphatic heterocycles. The van der Waals surface area contributed by atoms with Gasteiger partial charge in [-0.25, -0.2) is 4.68 Å². The number of hydrogen-bond acceptors (Lipinski definition) is 3. The number of benzene rings is 1. The van der Waals surface area contributed by atoms with Crippen LogP contribution in [0.25, 0.3) is 11.5 Å². The molecule has 0 saturated heterocycles. The molecule has 0 atom stereocenters. The van der Waals surface area contributed by atoms with Gasteiger partial charge < -0.3 is 10.2 Å². The van der Waals surface area contributed by atoms with Gasteiger partial charge >= 0.3 is 0 Å². The number of furan rings is 1. The molecule has 0 radical (unpaired) electrons. The molecule has 4 nitrogen and oxygen atoms in total. The van der Waals surface area contributed by atoms with E-state index in [1.165, 1.54) is 5.56 Å². The summed E-state index contributed by atoms with van der Waals surface area (Å²) in [5.41, 5.74) is 9.28. The summed E-state index contributed by atoms with van der Waals surface area (Å²) in [6.07, 6.45) is 2.48. The average molecular weight is 267 g/mol. The van der Waals surface area contributed by atoms with Crippen LogP contribution in [-0.2, 0) is 13.0 Å². The zero-order valence-corrected chi connectivity index (χ0v) is 11.4. The lowest BCUT2D eigenvalue weighted by atomic mass is 10.1. The first-order chi connectivity index (χ1) is 9.79. The Morgan fingerprint density at radius 1 is 1.15 bits per heavy atom. The zero-order valence-electron chi connectivity index (χ0n) is 11.4. The summed E-state index contributed by atoms with van der Waals surface area (Å²) < 4.78 is 7.29. The van der Waals surface area contributed by atoms with Crippen molar-refractivity contribution < 1.29 is 4.42 Å². The fourth-order valence-electron chi connectivity index (χ4n) is 2.35. The lowest BCUT2D eigenvalue weighted by Gasteiger charge is -2.04. The van der Waals surface area contributed by atoms with Crippen molar-refractivity contribution in [3.05, 3.63) is 59.9 Å². The van der Waals surface area contributed by atoms with Crippen LogP contribution in [0, 0.1) is 0 Å². The molecule has 2 N–H and O–H groups in total. The Kier molecular flexibility index (Phi) is 3.29. The Hall–Kier alpha value is -2.49. The summed E-state index contributed by atoms with van der Waals surface area (Å²) in [5.74, 6) is 1.48. The third kappa shape index (κ3) is 2.20. The molecule has 0 aliphatic rings. The Bertz CT molecular complexity index is 684. The van der Waals surface area contributed by atoms with E-state index in [2.05, 4.69) is 24.2 Å². The monoisotopic (exact) mass is 267 g/mol. The standard InChI is InChI=1S/C16H17N3O/c1-2-13-15(14-9-6-10-20-14)18-19(16(13)17)11-12-7-4-3-5-8-12/h3-10H,2,11,17H2,1H3. The van der Waals surface area contributed by atoms with Crippen molar-refractivity contribution in [1.82, 2.24) is 9.78 Å². The van der Waals surface area contributed by atoms with Crippen LogP contribution >= 0.6 is 0 Å². The maximum atomic E-state index is 6.23. The van der Waals surface area contributed by atoms with E-state index in [0.29, 0.717) is 12.4 Å². The van der Waals surface area contributed by atoms with Gasteiger partial charge in [0.05, 0.1) is 12.8 Å². The lowest BCUT2D eigenvalue weighted by molar-refractivity contribution is 0.576. The predicted octanol–water partition coefficient (Wildman–Crippen LogP) is 3.34. The highest BCUT2D eigenvalue weighted by Gasteiger charge is 2.17. The Balaban J connectivity index is 2.00. The Labute approximate surface area is 117 Å². The van der Waals surface area contributed by atoms with Crippen LogP contribution in [0.5, 0.6) is 0 Å². The van der Waals surface area contributed by atoms with Crippen LogP contribution in [0.1, 0.15) is 18.1 Å². The third-order valence-electron chi connectivity index (χ3n) is 3.38. The van der Waals surface area contributed by atoms with Crippen molar-refractivity contribution in [3.8, 4) is 11.5 Å². The molecule has 0 bridgehead atoms. The molecule has 3 aromatic rings. The molecule has 0 fully saturated rings. The number of rotatable bonds is 4. The molecule has 20 heavy (non-hydrogen) atoms. The van der Waals surface area contributed by atoms with E-state index < -0.39 is 0 Å². The number of aromatic nitrogens is 2. The van der Waals surface area contributed by atoms with Crippen molar-refractivity contribution in [2.45, 2.75) is 19.9 Å². The van der Waals surface area contributed by atoms with Gasteiger partial charge in [-0.2, -0.15) is 5.10 Å². The minimum absolute atomic E-state index is 0.667. The van der Waals surface area contributed by atoms with Crippen LogP contribution in [-0.4, -0.2) is 9.78 Å². The van der Waals surface area contributed by atoms with Crippen molar-refractivity contribution >= 4 is 5.82 Å². The molecule has 0 aliphatic carbocycles. The minimum Gasteiger partial charge on any atom is -0.463 e. The Morgan fingerprint density at radius 3 is 2.60 bits per heavy atom. The van der Waals surface area contributed by atoms with Crippen LogP contribution in [0.3, 0.4) is 0 Å². The number of hydrogen-bond donors (Lipinski definition) is 1. The van der Waals surface area contributed by atoms with Crippen LogP contribution < -0.4 is 5.73 Å². The Morgan fingerprint density at radius 2 is 1.95 bits per heavy atom. The number of nitrogens with zero attached hydrogens (tertiary/aromatic N) is 2. The van der Waals surface area contributed by atoms with Crippen LogP contribution in [0.2, 0.25) is 0 Å². The van der Waals surface area contributed by atoms with Crippen LogP contribution in [0.4, 0.5) is 5.82 Å². The van der Waals surface area contributed by atoms with E-state index >= 15 is 0 Å². The van der Waals surface area contributed by atoms with Crippen molar-refractivity contribution in [2.75, 3.05) is 5.73 Å². The highest BCUT2D eigenvalue weighted by atomic mass is 16.3. The molecule has 102 valence electrons. The van der Waals surface area contributed by atoms with Gasteiger partial charge in [0, 0.05) is 5.56 Å². The highest BCUT2D eigenvalue weighted by Crippen LogP contribution is 2.28. The van der Waals surface area contributed by atoms with Gasteiger partial charge in [0.1, 0.15) is 11.5 Å². The molecular weight excluding hydrogens is 250 g/mol. The SMILES string of the molecule is CCc1c(-c2ccco2)nn(Cc2ccccc2)c1N. The third-order valence-corrected chi connectivity index (χ3v) is 3.38. The predicted molar refractivity (Wildman–Crippen MR) is 79.3 cm³/mol. The summed E-state index contributed by atoms with van der Waals surface area (Å²) in [5, 5.41) is 4.62. The molecule has 0 amide bonds. The summed E-state index contributed by atoms with van der Waals surface area (Å²) in [6, 6.07) is 13.9. The van der Waals surface area contributed by atoms with E-state index in [1.54, 1.807) is 6.26 Å². The second-order valence-electron chi connectivity index (χ2n) is 4.69. The van der Waals surface area contributed by atoms with Gasteiger partial charge in [-0.3, -0.25) is 0 Å². The zero-order chi connectivity index (χ0) is 13.9. The second-order valence-corrected chi connectivity index (χ2v) is 4.69. The topological polar surface area (TPSA) is 57.0 Å². The van der Waals surface area contributed by atoms with Gasteiger partial charge in [0.25, 0.3) is 0 Å². The van der Waals surface area contributed by atoms with Crippen LogP contribution in [0.15, 0.2) is 53.1 Å². The number of anilines is 1. The van der Waals surface area contributed by atoms with E-state index in [-0.39, 0.29) is 0 Å². The summed E-state index contributed by atoms with van der Waals surface area (Å²) in [4.78, 5) is 0. The first-order valence-electron chi connectivity index (χ1n) is 6.72. The number of nitrogens with two attached hydrogens (primary N) is 1. The minimum atomic E-state index is 0.667. The second kappa shape index (κ2) is 5.25. The molecule has 2 heterocycles.